The van der Waals surface area contributed by atoms with Gasteiger partial charge in [0, 0.05) is 30.3 Å². The minimum atomic E-state index is -0.590. The third-order valence-electron chi connectivity index (χ3n) is 8.50. The zero-order chi connectivity index (χ0) is 26.4. The maximum atomic E-state index is 13.3. The molecule has 0 bridgehead atoms. The summed E-state index contributed by atoms with van der Waals surface area (Å²) in [5.74, 6) is 1.32. The van der Waals surface area contributed by atoms with E-state index in [2.05, 4.69) is 42.2 Å². The van der Waals surface area contributed by atoms with Gasteiger partial charge in [-0.05, 0) is 89.9 Å². The van der Waals surface area contributed by atoms with Crippen molar-refractivity contribution >= 4 is 22.6 Å². The van der Waals surface area contributed by atoms with Crippen LogP contribution in [0.1, 0.15) is 41.2 Å². The van der Waals surface area contributed by atoms with Crippen molar-refractivity contribution < 1.29 is 14.6 Å². The summed E-state index contributed by atoms with van der Waals surface area (Å²) in [5, 5.41) is 12.2. The second-order valence-electron chi connectivity index (χ2n) is 10.8. The second kappa shape index (κ2) is 9.44. The summed E-state index contributed by atoms with van der Waals surface area (Å²) in [5.41, 5.74) is 13.4. The number of likely N-dealkylation sites (tertiary alicyclic amines) is 1. The lowest BCUT2D eigenvalue weighted by molar-refractivity contribution is -0.130. The van der Waals surface area contributed by atoms with Crippen LogP contribution in [-0.4, -0.2) is 41.1 Å². The van der Waals surface area contributed by atoms with Gasteiger partial charge in [0.05, 0.1) is 18.7 Å². The van der Waals surface area contributed by atoms with Crippen LogP contribution in [0.4, 0.5) is 5.82 Å². The van der Waals surface area contributed by atoms with Gasteiger partial charge < -0.3 is 20.5 Å². The molecule has 2 atom stereocenters. The summed E-state index contributed by atoms with van der Waals surface area (Å²) in [4.78, 5) is 19.8. The first-order valence-electron chi connectivity index (χ1n) is 13.2. The molecule has 0 saturated carbocycles. The predicted octanol–water partition coefficient (Wildman–Crippen LogP) is 5.24. The number of amides is 1. The molecule has 1 fully saturated rings. The van der Waals surface area contributed by atoms with Gasteiger partial charge in [-0.3, -0.25) is 4.79 Å². The first kappa shape index (κ1) is 24.4. The first-order chi connectivity index (χ1) is 18.4. The molecule has 194 valence electrons. The van der Waals surface area contributed by atoms with Gasteiger partial charge >= 0.3 is 0 Å². The quantitative estimate of drug-likeness (QED) is 0.386. The molecule has 1 aliphatic heterocycles. The molecular formula is C32H33N3O3. The highest BCUT2D eigenvalue weighted by molar-refractivity contribution is 5.87. The van der Waals surface area contributed by atoms with Crippen LogP contribution in [0, 0.1) is 12.3 Å². The summed E-state index contributed by atoms with van der Waals surface area (Å²) >= 11 is 0. The molecule has 1 aromatic heterocycles. The Morgan fingerprint density at radius 2 is 2.00 bits per heavy atom. The third-order valence-corrected chi connectivity index (χ3v) is 8.50. The molecule has 6 nitrogen and oxygen atoms in total. The number of hydrogen-bond donors (Lipinski definition) is 2. The van der Waals surface area contributed by atoms with E-state index in [1.54, 1.807) is 7.11 Å². The number of nitrogens with two attached hydrogens (primary N) is 1. The number of nitrogens with zero attached hydrogens (tertiary/aromatic N) is 2. The molecule has 1 spiro atoms. The first-order valence-corrected chi connectivity index (χ1v) is 13.2. The Hall–Kier alpha value is -3.90. The zero-order valence-corrected chi connectivity index (χ0v) is 21.9. The van der Waals surface area contributed by atoms with E-state index in [0.29, 0.717) is 31.7 Å². The number of nitrogen functional groups attached to an aromatic ring is 1. The summed E-state index contributed by atoms with van der Waals surface area (Å²) in [6.07, 6.45) is 1.88. The van der Waals surface area contributed by atoms with Gasteiger partial charge in [0.15, 0.2) is 0 Å². The van der Waals surface area contributed by atoms with Gasteiger partial charge in [-0.2, -0.15) is 0 Å². The van der Waals surface area contributed by atoms with Crippen molar-refractivity contribution in [2.24, 2.45) is 5.41 Å². The molecule has 1 aliphatic carbocycles. The summed E-state index contributed by atoms with van der Waals surface area (Å²) < 4.78 is 5.35. The van der Waals surface area contributed by atoms with Crippen LogP contribution in [0.25, 0.3) is 22.0 Å². The van der Waals surface area contributed by atoms with Crippen molar-refractivity contribution in [2.45, 2.75) is 38.7 Å². The van der Waals surface area contributed by atoms with Crippen LogP contribution in [0.2, 0.25) is 0 Å². The van der Waals surface area contributed by atoms with Crippen molar-refractivity contribution in [3.8, 4) is 16.9 Å². The minimum Gasteiger partial charge on any atom is -0.497 e. The van der Waals surface area contributed by atoms with Gasteiger partial charge in [0.25, 0.3) is 0 Å². The monoisotopic (exact) mass is 507 g/mol. The van der Waals surface area contributed by atoms with E-state index >= 15 is 0 Å². The Balaban J connectivity index is 1.16. The molecule has 6 rings (SSSR count). The minimum absolute atomic E-state index is 0.0933. The Labute approximate surface area is 223 Å². The number of aliphatic hydroxyl groups excluding tert-OH is 1. The molecule has 3 aromatic carbocycles. The number of aryl methyl sites for hydroxylation is 2. The average molecular weight is 508 g/mol. The predicted molar refractivity (Wildman–Crippen MR) is 150 cm³/mol. The lowest BCUT2D eigenvalue weighted by Gasteiger charge is -2.28. The molecule has 2 heterocycles. The van der Waals surface area contributed by atoms with E-state index in [0.717, 1.165) is 51.7 Å². The number of carbonyl (C=O) groups excluding carboxylic acids is 1. The van der Waals surface area contributed by atoms with Crippen molar-refractivity contribution in [1.82, 2.24) is 9.88 Å². The summed E-state index contributed by atoms with van der Waals surface area (Å²) in [6.45, 7) is 3.34. The van der Waals surface area contributed by atoms with Crippen molar-refractivity contribution in [3.05, 3.63) is 89.0 Å². The van der Waals surface area contributed by atoms with Crippen molar-refractivity contribution in [2.75, 3.05) is 25.9 Å². The molecule has 6 heteroatoms. The van der Waals surface area contributed by atoms with Gasteiger partial charge in [0.1, 0.15) is 11.6 Å². The molecule has 2 aliphatic rings. The average Bonchev–Trinajstić information content (AvgIpc) is 3.48. The number of pyridine rings is 1. The van der Waals surface area contributed by atoms with E-state index < -0.39 is 6.10 Å². The van der Waals surface area contributed by atoms with Crippen molar-refractivity contribution in [3.63, 3.8) is 0 Å². The topological polar surface area (TPSA) is 88.7 Å². The number of methoxy groups -OCH3 is 1. The highest BCUT2D eigenvalue weighted by atomic mass is 16.5. The second-order valence-corrected chi connectivity index (χ2v) is 10.8. The van der Waals surface area contributed by atoms with Crippen LogP contribution in [0.5, 0.6) is 5.75 Å². The van der Waals surface area contributed by atoms with Gasteiger partial charge in [0.2, 0.25) is 5.91 Å². The molecule has 0 unspecified atom stereocenters. The number of hydrogen-bond acceptors (Lipinski definition) is 5. The van der Waals surface area contributed by atoms with Gasteiger partial charge in [-0.15, -0.1) is 0 Å². The summed E-state index contributed by atoms with van der Waals surface area (Å²) in [6, 6.07) is 22.5. The number of aromatic nitrogens is 1. The number of anilines is 1. The number of ether oxygens (including phenoxy) is 1. The SMILES string of the molecule is COc1ccc2c(c1)[C@@H](O)[C@@]1(CCN(C(=O)CCc3cc4cc(-c5ccccc5C)ccc4nc3N)C1)C2. The normalized spacial score (nSPS) is 20.3. The summed E-state index contributed by atoms with van der Waals surface area (Å²) in [7, 11) is 1.63. The molecule has 1 saturated heterocycles. The number of carbonyl (C=O) groups is 1. The van der Waals surface area contributed by atoms with Crippen LogP contribution in [0.3, 0.4) is 0 Å². The molecular weight excluding hydrogens is 474 g/mol. The molecule has 4 aromatic rings. The lowest BCUT2D eigenvalue weighted by Crippen LogP contribution is -2.34. The van der Waals surface area contributed by atoms with Gasteiger partial charge in [-0.1, -0.05) is 36.4 Å². The smallest absolute Gasteiger partial charge is 0.222 e. The fourth-order valence-electron chi connectivity index (χ4n) is 6.30. The molecule has 1 amide bonds. The van der Waals surface area contributed by atoms with Crippen LogP contribution in [0.15, 0.2) is 66.7 Å². The maximum Gasteiger partial charge on any atom is 0.222 e. The lowest BCUT2D eigenvalue weighted by atomic mass is 9.82. The van der Waals surface area contributed by atoms with Crippen molar-refractivity contribution in [1.29, 1.82) is 0 Å². The van der Waals surface area contributed by atoms with E-state index in [1.807, 2.05) is 41.3 Å². The molecule has 0 radical (unpaired) electrons. The number of aliphatic hydroxyl groups is 1. The highest BCUT2D eigenvalue weighted by Crippen LogP contribution is 2.52. The van der Waals surface area contributed by atoms with Crippen LogP contribution >= 0.6 is 0 Å². The maximum absolute atomic E-state index is 13.3. The fourth-order valence-corrected chi connectivity index (χ4v) is 6.30. The number of rotatable bonds is 5. The Morgan fingerprint density at radius 3 is 2.82 bits per heavy atom. The fraction of sp³-hybridized carbons (Fsp3) is 0.312. The number of fused-ring (bicyclic) bond motifs is 2. The van der Waals surface area contributed by atoms with E-state index in [4.69, 9.17) is 10.5 Å². The largest absolute Gasteiger partial charge is 0.497 e. The zero-order valence-electron chi connectivity index (χ0n) is 21.9. The molecule has 38 heavy (non-hydrogen) atoms. The Bertz CT molecular complexity index is 1550. The van der Waals surface area contributed by atoms with E-state index in [9.17, 15) is 9.90 Å². The highest BCUT2D eigenvalue weighted by Gasteiger charge is 2.50. The van der Waals surface area contributed by atoms with E-state index in [1.165, 1.54) is 11.1 Å². The van der Waals surface area contributed by atoms with E-state index in [-0.39, 0.29) is 11.3 Å². The Kier molecular flexibility index (Phi) is 6.07. The van der Waals surface area contributed by atoms with Crippen LogP contribution in [-0.2, 0) is 17.6 Å². The third kappa shape index (κ3) is 4.19. The Morgan fingerprint density at radius 1 is 1.16 bits per heavy atom. The van der Waals surface area contributed by atoms with Crippen LogP contribution < -0.4 is 10.5 Å². The number of benzene rings is 3. The standard InChI is InChI=1S/C32H33N3O3/c1-20-5-3-4-6-26(20)21-8-11-28-24(15-21)16-22(31(33)34-28)9-12-29(36)35-14-13-32(19-35)18-23-7-10-25(38-2)17-27(23)30(32)37/h3-8,10-11,15-17,30,37H,9,12-14,18-19H2,1-2H3,(H2,33,34)/t30-,32+/m1/s1. The van der Waals surface area contributed by atoms with Gasteiger partial charge in [-0.25, -0.2) is 4.98 Å². The molecule has 3 N–H and O–H groups in total.